The number of nitrogens with one attached hydrogen (secondary N) is 1. The Morgan fingerprint density at radius 1 is 1.04 bits per heavy atom. The van der Waals surface area contributed by atoms with Crippen LogP contribution in [0.1, 0.15) is 67.9 Å². The minimum atomic E-state index is 0.0139. The van der Waals surface area contributed by atoms with Crippen molar-refractivity contribution in [1.82, 2.24) is 10.3 Å². The molecule has 0 atom stereocenters. The summed E-state index contributed by atoms with van der Waals surface area (Å²) in [7, 11) is 0. The fourth-order valence-electron chi connectivity index (χ4n) is 3.41. The van der Waals surface area contributed by atoms with Crippen LogP contribution in [0, 0.1) is 6.92 Å². The van der Waals surface area contributed by atoms with E-state index in [0.717, 1.165) is 36.8 Å². The summed E-state index contributed by atoms with van der Waals surface area (Å²) in [5, 5.41) is 3.18. The number of aromatic nitrogens is 1. The second-order valence-corrected chi connectivity index (χ2v) is 8.57. The van der Waals surface area contributed by atoms with Crippen molar-refractivity contribution in [2.24, 2.45) is 0 Å². The molecule has 2 aromatic rings. The third kappa shape index (κ3) is 5.31. The van der Waals surface area contributed by atoms with Crippen LogP contribution >= 0.6 is 0 Å². The van der Waals surface area contributed by atoms with Gasteiger partial charge in [0.2, 0.25) is 5.88 Å². The predicted molar refractivity (Wildman–Crippen MR) is 108 cm³/mol. The van der Waals surface area contributed by atoms with Gasteiger partial charge in [-0.25, -0.2) is 4.98 Å². The Morgan fingerprint density at radius 2 is 1.70 bits per heavy atom. The van der Waals surface area contributed by atoms with Crippen molar-refractivity contribution in [3.05, 3.63) is 59.3 Å². The van der Waals surface area contributed by atoms with Crippen LogP contribution in [-0.2, 0) is 5.41 Å². The second-order valence-electron chi connectivity index (χ2n) is 8.57. The van der Waals surface area contributed by atoms with E-state index in [1.54, 1.807) is 0 Å². The predicted octanol–water partition coefficient (Wildman–Crippen LogP) is 4.81. The Labute approximate surface area is 162 Å². The van der Waals surface area contributed by atoms with Gasteiger partial charge in [0.1, 0.15) is 6.10 Å². The van der Waals surface area contributed by atoms with Gasteiger partial charge < -0.3 is 10.1 Å². The van der Waals surface area contributed by atoms with Gasteiger partial charge in [0, 0.05) is 23.9 Å². The zero-order valence-corrected chi connectivity index (χ0v) is 16.8. The molecule has 1 aliphatic carbocycles. The van der Waals surface area contributed by atoms with E-state index >= 15 is 0 Å². The van der Waals surface area contributed by atoms with Gasteiger partial charge >= 0.3 is 0 Å². The molecule has 1 aromatic carbocycles. The van der Waals surface area contributed by atoms with Gasteiger partial charge in [-0.05, 0) is 61.3 Å². The molecule has 0 unspecified atom stereocenters. The summed E-state index contributed by atoms with van der Waals surface area (Å²) in [6.45, 7) is 8.54. The number of pyridine rings is 1. The average Bonchev–Trinajstić information content (AvgIpc) is 2.64. The minimum Gasteiger partial charge on any atom is -0.474 e. The van der Waals surface area contributed by atoms with Gasteiger partial charge in [0.15, 0.2) is 0 Å². The van der Waals surface area contributed by atoms with E-state index < -0.39 is 0 Å². The molecule has 1 amide bonds. The fraction of sp³-hybridized carbons (Fsp3) is 0.478. The molecule has 4 nitrogen and oxygen atoms in total. The first kappa shape index (κ1) is 19.4. The molecular weight excluding hydrogens is 336 g/mol. The van der Waals surface area contributed by atoms with Crippen LogP contribution in [0.4, 0.5) is 0 Å². The summed E-state index contributed by atoms with van der Waals surface area (Å²) in [5.41, 5.74) is 3.19. The quantitative estimate of drug-likeness (QED) is 0.845. The number of aryl methyl sites for hydroxylation is 1. The van der Waals surface area contributed by atoms with Gasteiger partial charge in [-0.3, -0.25) is 4.79 Å². The van der Waals surface area contributed by atoms with Crippen molar-refractivity contribution in [3.63, 3.8) is 0 Å². The van der Waals surface area contributed by atoms with Gasteiger partial charge in [-0.15, -0.1) is 0 Å². The largest absolute Gasteiger partial charge is 0.474 e. The molecule has 0 aliphatic heterocycles. The SMILES string of the molecule is Cc1ccc(OC2CCC(NC(=O)c3ccc(C(C)(C)C)cc3)CC2)nc1. The highest BCUT2D eigenvalue weighted by atomic mass is 16.5. The summed E-state index contributed by atoms with van der Waals surface area (Å²) < 4.78 is 5.97. The van der Waals surface area contributed by atoms with Crippen molar-refractivity contribution in [1.29, 1.82) is 0 Å². The van der Waals surface area contributed by atoms with Crippen LogP contribution in [0.25, 0.3) is 0 Å². The van der Waals surface area contributed by atoms with Crippen LogP contribution in [0.15, 0.2) is 42.6 Å². The van der Waals surface area contributed by atoms with E-state index in [0.29, 0.717) is 5.88 Å². The van der Waals surface area contributed by atoms with E-state index in [2.05, 4.69) is 31.1 Å². The lowest BCUT2D eigenvalue weighted by atomic mass is 9.86. The van der Waals surface area contributed by atoms with Crippen LogP contribution < -0.4 is 10.1 Å². The molecule has 1 aliphatic rings. The third-order valence-electron chi connectivity index (χ3n) is 5.19. The zero-order chi connectivity index (χ0) is 19.4. The molecule has 1 N–H and O–H groups in total. The normalized spacial score (nSPS) is 20.1. The van der Waals surface area contributed by atoms with Crippen molar-refractivity contribution in [3.8, 4) is 5.88 Å². The number of hydrogen-bond donors (Lipinski definition) is 1. The smallest absolute Gasteiger partial charge is 0.251 e. The van der Waals surface area contributed by atoms with Crippen LogP contribution in [-0.4, -0.2) is 23.0 Å². The first-order valence-corrected chi connectivity index (χ1v) is 9.82. The van der Waals surface area contributed by atoms with E-state index in [1.807, 2.05) is 49.5 Å². The number of ether oxygens (including phenoxy) is 1. The maximum atomic E-state index is 12.5. The zero-order valence-electron chi connectivity index (χ0n) is 16.8. The molecule has 1 heterocycles. The Hall–Kier alpha value is -2.36. The van der Waals surface area contributed by atoms with Crippen molar-refractivity contribution >= 4 is 5.91 Å². The molecule has 0 saturated heterocycles. The maximum absolute atomic E-state index is 12.5. The summed E-state index contributed by atoms with van der Waals surface area (Å²) in [6.07, 6.45) is 5.74. The topological polar surface area (TPSA) is 51.2 Å². The van der Waals surface area contributed by atoms with Crippen LogP contribution in [0.2, 0.25) is 0 Å². The lowest BCUT2D eigenvalue weighted by Gasteiger charge is -2.29. The lowest BCUT2D eigenvalue weighted by Crippen LogP contribution is -2.39. The molecular formula is C23H30N2O2. The van der Waals surface area contributed by atoms with E-state index in [4.69, 9.17) is 4.74 Å². The monoisotopic (exact) mass is 366 g/mol. The minimum absolute atomic E-state index is 0.0139. The van der Waals surface area contributed by atoms with E-state index in [-0.39, 0.29) is 23.5 Å². The molecule has 144 valence electrons. The van der Waals surface area contributed by atoms with Crippen molar-refractivity contribution < 1.29 is 9.53 Å². The fourth-order valence-corrected chi connectivity index (χ4v) is 3.41. The summed E-state index contributed by atoms with van der Waals surface area (Å²) in [5.74, 6) is 0.701. The van der Waals surface area contributed by atoms with Gasteiger partial charge in [0.25, 0.3) is 5.91 Å². The standard InChI is InChI=1S/C23H30N2O2/c1-16-5-14-21(24-15-16)27-20-12-10-19(11-13-20)25-22(26)17-6-8-18(9-7-17)23(2,3)4/h5-9,14-15,19-20H,10-13H2,1-4H3,(H,25,26). The Kier molecular flexibility index (Phi) is 5.83. The molecule has 4 heteroatoms. The number of carbonyl (C=O) groups is 1. The number of hydrogen-bond acceptors (Lipinski definition) is 3. The maximum Gasteiger partial charge on any atom is 0.251 e. The first-order chi connectivity index (χ1) is 12.8. The Morgan fingerprint density at radius 3 is 2.26 bits per heavy atom. The molecule has 3 rings (SSSR count). The van der Waals surface area contributed by atoms with Gasteiger partial charge in [0.05, 0.1) is 0 Å². The van der Waals surface area contributed by atoms with E-state index in [1.165, 1.54) is 5.56 Å². The molecule has 1 saturated carbocycles. The summed E-state index contributed by atoms with van der Waals surface area (Å²) in [6, 6.07) is 12.1. The van der Waals surface area contributed by atoms with Crippen molar-refractivity contribution in [2.45, 2.75) is 70.9 Å². The average molecular weight is 367 g/mol. The number of rotatable bonds is 4. The first-order valence-electron chi connectivity index (χ1n) is 9.82. The number of benzene rings is 1. The Bertz CT molecular complexity index is 752. The number of amides is 1. The number of carbonyl (C=O) groups excluding carboxylic acids is 1. The number of nitrogens with zero attached hydrogens (tertiary/aromatic N) is 1. The van der Waals surface area contributed by atoms with E-state index in [9.17, 15) is 4.79 Å². The summed E-state index contributed by atoms with van der Waals surface area (Å²) in [4.78, 5) is 16.8. The highest BCUT2D eigenvalue weighted by Gasteiger charge is 2.24. The highest BCUT2D eigenvalue weighted by molar-refractivity contribution is 5.94. The highest BCUT2D eigenvalue weighted by Crippen LogP contribution is 2.24. The molecule has 0 bridgehead atoms. The van der Waals surface area contributed by atoms with Crippen molar-refractivity contribution in [2.75, 3.05) is 0 Å². The van der Waals surface area contributed by atoms with Gasteiger partial charge in [-0.2, -0.15) is 0 Å². The third-order valence-corrected chi connectivity index (χ3v) is 5.19. The molecule has 1 aromatic heterocycles. The lowest BCUT2D eigenvalue weighted by molar-refractivity contribution is 0.0890. The Balaban J connectivity index is 1.48. The molecule has 0 spiro atoms. The van der Waals surface area contributed by atoms with Gasteiger partial charge in [-0.1, -0.05) is 39.0 Å². The molecule has 1 fully saturated rings. The molecule has 27 heavy (non-hydrogen) atoms. The van der Waals surface area contributed by atoms with Crippen LogP contribution in [0.5, 0.6) is 5.88 Å². The van der Waals surface area contributed by atoms with Crippen LogP contribution in [0.3, 0.4) is 0 Å². The second kappa shape index (κ2) is 8.12. The molecule has 0 radical (unpaired) electrons. The summed E-state index contributed by atoms with van der Waals surface area (Å²) >= 11 is 0.